The van der Waals surface area contributed by atoms with Crippen molar-refractivity contribution < 1.29 is 5.11 Å². The number of likely N-dealkylation sites (N-methyl/N-ethyl adjacent to an activating group) is 2. The third-order valence-electron chi connectivity index (χ3n) is 4.01. The number of rotatable bonds is 4. The molecule has 0 aromatic heterocycles. The zero-order valence-corrected chi connectivity index (χ0v) is 12.1. The van der Waals surface area contributed by atoms with Crippen LogP contribution in [-0.4, -0.2) is 85.3 Å². The number of aliphatic hydroxyl groups excluding tert-OH is 1. The molecular formula is C13H29N3O. The van der Waals surface area contributed by atoms with E-state index in [1.165, 1.54) is 0 Å². The lowest BCUT2D eigenvalue weighted by Gasteiger charge is -2.38. The van der Waals surface area contributed by atoms with Crippen LogP contribution in [0.15, 0.2) is 0 Å². The summed E-state index contributed by atoms with van der Waals surface area (Å²) in [4.78, 5) is 7.04. The SMILES string of the molecule is CN(C)CCN1CC(CO)N(C)CCC1(C)C. The zero-order chi connectivity index (χ0) is 13.1. The summed E-state index contributed by atoms with van der Waals surface area (Å²) in [5.41, 5.74) is 0.230. The van der Waals surface area contributed by atoms with Crippen molar-refractivity contribution in [3.05, 3.63) is 0 Å². The van der Waals surface area contributed by atoms with Gasteiger partial charge in [-0.2, -0.15) is 0 Å². The standard InChI is InChI=1S/C13H29N3O/c1-13(2)6-7-15(5)12(11-17)10-16(13)9-8-14(3)4/h12,17H,6-11H2,1-5H3. The van der Waals surface area contributed by atoms with Crippen molar-refractivity contribution in [3.63, 3.8) is 0 Å². The molecule has 0 aromatic carbocycles. The Bertz CT molecular complexity index is 231. The lowest BCUT2D eigenvalue weighted by Crippen LogP contribution is -2.49. The fourth-order valence-electron chi connectivity index (χ4n) is 2.34. The first-order chi connectivity index (χ1) is 7.86. The van der Waals surface area contributed by atoms with E-state index in [2.05, 4.69) is 49.7 Å². The molecule has 1 aliphatic heterocycles. The van der Waals surface area contributed by atoms with E-state index in [1.807, 2.05) is 0 Å². The molecule has 0 aromatic rings. The van der Waals surface area contributed by atoms with E-state index in [4.69, 9.17) is 0 Å². The van der Waals surface area contributed by atoms with Crippen LogP contribution in [0.2, 0.25) is 0 Å². The first-order valence-corrected chi connectivity index (χ1v) is 6.57. The maximum Gasteiger partial charge on any atom is 0.0599 e. The molecule has 1 atom stereocenters. The Morgan fingerprint density at radius 2 is 2.00 bits per heavy atom. The topological polar surface area (TPSA) is 30.0 Å². The van der Waals surface area contributed by atoms with E-state index < -0.39 is 0 Å². The Morgan fingerprint density at radius 1 is 1.35 bits per heavy atom. The highest BCUT2D eigenvalue weighted by atomic mass is 16.3. The van der Waals surface area contributed by atoms with Crippen molar-refractivity contribution in [2.75, 3.05) is 53.9 Å². The van der Waals surface area contributed by atoms with Gasteiger partial charge >= 0.3 is 0 Å². The molecule has 17 heavy (non-hydrogen) atoms. The van der Waals surface area contributed by atoms with Gasteiger partial charge < -0.3 is 10.0 Å². The second-order valence-corrected chi connectivity index (χ2v) is 6.13. The normalized spacial score (nSPS) is 27.4. The van der Waals surface area contributed by atoms with E-state index in [1.54, 1.807) is 0 Å². The van der Waals surface area contributed by atoms with Gasteiger partial charge in [-0.15, -0.1) is 0 Å². The largest absolute Gasteiger partial charge is 0.395 e. The molecule has 0 bridgehead atoms. The monoisotopic (exact) mass is 243 g/mol. The van der Waals surface area contributed by atoms with Crippen LogP contribution in [0, 0.1) is 0 Å². The lowest BCUT2D eigenvalue weighted by atomic mass is 9.98. The smallest absolute Gasteiger partial charge is 0.0599 e. The molecule has 4 nitrogen and oxygen atoms in total. The number of nitrogens with zero attached hydrogens (tertiary/aromatic N) is 3. The summed E-state index contributed by atoms with van der Waals surface area (Å²) in [6, 6.07) is 0.277. The van der Waals surface area contributed by atoms with Gasteiger partial charge in [-0.1, -0.05) is 0 Å². The molecule has 102 valence electrons. The van der Waals surface area contributed by atoms with Gasteiger partial charge in [0.15, 0.2) is 0 Å². The summed E-state index contributed by atoms with van der Waals surface area (Å²) >= 11 is 0. The van der Waals surface area contributed by atoms with Crippen molar-refractivity contribution in [2.45, 2.75) is 31.8 Å². The van der Waals surface area contributed by atoms with Gasteiger partial charge in [0.1, 0.15) is 0 Å². The number of hydrogen-bond donors (Lipinski definition) is 1. The summed E-state index contributed by atoms with van der Waals surface area (Å²) in [5, 5.41) is 9.47. The fourth-order valence-corrected chi connectivity index (χ4v) is 2.34. The van der Waals surface area contributed by atoms with Crippen molar-refractivity contribution in [1.82, 2.24) is 14.7 Å². The summed E-state index contributed by atoms with van der Waals surface area (Å²) in [5.74, 6) is 0. The third-order valence-corrected chi connectivity index (χ3v) is 4.01. The van der Waals surface area contributed by atoms with Crippen molar-refractivity contribution in [2.24, 2.45) is 0 Å². The summed E-state index contributed by atoms with van der Waals surface area (Å²) in [6.07, 6.45) is 1.16. The molecule has 1 unspecified atom stereocenters. The average molecular weight is 243 g/mol. The molecule has 1 fully saturated rings. The Kier molecular flexibility index (Phi) is 5.38. The van der Waals surface area contributed by atoms with Crippen LogP contribution < -0.4 is 0 Å². The van der Waals surface area contributed by atoms with Crippen LogP contribution in [0.5, 0.6) is 0 Å². The Balaban J connectivity index is 2.67. The molecule has 0 aliphatic carbocycles. The summed E-state index contributed by atoms with van der Waals surface area (Å²) in [7, 11) is 6.34. The highest BCUT2D eigenvalue weighted by molar-refractivity contribution is 4.90. The second kappa shape index (κ2) is 6.14. The Morgan fingerprint density at radius 3 is 2.53 bits per heavy atom. The quantitative estimate of drug-likeness (QED) is 0.770. The van der Waals surface area contributed by atoms with E-state index >= 15 is 0 Å². The fraction of sp³-hybridized carbons (Fsp3) is 1.00. The van der Waals surface area contributed by atoms with Crippen LogP contribution >= 0.6 is 0 Å². The zero-order valence-electron chi connectivity index (χ0n) is 12.1. The average Bonchev–Trinajstić information content (AvgIpc) is 2.35. The van der Waals surface area contributed by atoms with Crippen LogP contribution in [0.1, 0.15) is 20.3 Å². The number of hydrogen-bond acceptors (Lipinski definition) is 4. The maximum absolute atomic E-state index is 9.47. The molecule has 0 radical (unpaired) electrons. The highest BCUT2D eigenvalue weighted by Gasteiger charge is 2.33. The van der Waals surface area contributed by atoms with Crippen molar-refractivity contribution in [3.8, 4) is 0 Å². The van der Waals surface area contributed by atoms with E-state index in [0.717, 1.165) is 32.6 Å². The predicted octanol–water partition coefficient (Wildman–Crippen LogP) is 0.325. The molecule has 0 spiro atoms. The maximum atomic E-state index is 9.47. The molecule has 1 rings (SSSR count). The summed E-state index contributed by atoms with van der Waals surface area (Å²) in [6.45, 7) is 9.07. The minimum atomic E-state index is 0.230. The van der Waals surface area contributed by atoms with Gasteiger partial charge in [-0.25, -0.2) is 0 Å². The predicted molar refractivity (Wildman–Crippen MR) is 72.3 cm³/mol. The van der Waals surface area contributed by atoms with Gasteiger partial charge in [0, 0.05) is 37.8 Å². The third kappa shape index (κ3) is 4.21. The van der Waals surface area contributed by atoms with Gasteiger partial charge in [0.25, 0.3) is 0 Å². The first-order valence-electron chi connectivity index (χ1n) is 6.57. The molecule has 1 heterocycles. The molecule has 1 aliphatic rings. The van der Waals surface area contributed by atoms with Crippen LogP contribution in [-0.2, 0) is 0 Å². The lowest BCUT2D eigenvalue weighted by molar-refractivity contribution is 0.0869. The highest BCUT2D eigenvalue weighted by Crippen LogP contribution is 2.23. The first kappa shape index (κ1) is 14.9. The van der Waals surface area contributed by atoms with Crippen molar-refractivity contribution >= 4 is 0 Å². The van der Waals surface area contributed by atoms with Crippen molar-refractivity contribution in [1.29, 1.82) is 0 Å². The van der Waals surface area contributed by atoms with Crippen LogP contribution in [0.4, 0.5) is 0 Å². The molecule has 1 N–H and O–H groups in total. The van der Waals surface area contributed by atoms with Gasteiger partial charge in [-0.3, -0.25) is 9.80 Å². The van der Waals surface area contributed by atoms with Gasteiger partial charge in [-0.05, 0) is 41.4 Å². The minimum Gasteiger partial charge on any atom is -0.395 e. The minimum absolute atomic E-state index is 0.230. The molecule has 0 saturated carbocycles. The van der Waals surface area contributed by atoms with E-state index in [-0.39, 0.29) is 18.2 Å². The molecular weight excluding hydrogens is 214 g/mol. The van der Waals surface area contributed by atoms with Gasteiger partial charge in [0.05, 0.1) is 6.61 Å². The van der Waals surface area contributed by atoms with Crippen LogP contribution in [0.25, 0.3) is 0 Å². The van der Waals surface area contributed by atoms with E-state index in [0.29, 0.717) is 0 Å². The van der Waals surface area contributed by atoms with Gasteiger partial charge in [0.2, 0.25) is 0 Å². The second-order valence-electron chi connectivity index (χ2n) is 6.13. The molecule has 0 amide bonds. The van der Waals surface area contributed by atoms with E-state index in [9.17, 15) is 5.11 Å². The number of aliphatic hydroxyl groups is 1. The molecule has 1 saturated heterocycles. The van der Waals surface area contributed by atoms with Crippen LogP contribution in [0.3, 0.4) is 0 Å². The summed E-state index contributed by atoms with van der Waals surface area (Å²) < 4.78 is 0. The Labute approximate surface area is 106 Å². The molecule has 4 heteroatoms. The Hall–Kier alpha value is -0.160.